The number of para-hydroxylation sites is 1. The highest BCUT2D eigenvalue weighted by Gasteiger charge is 1.90. The molecule has 0 radical (unpaired) electrons. The average molecular weight is 244 g/mol. The summed E-state index contributed by atoms with van der Waals surface area (Å²) in [5, 5.41) is 0. The van der Waals surface area contributed by atoms with Crippen molar-refractivity contribution in [3.8, 4) is 0 Å². The minimum Gasteiger partial charge on any atom is -0.399 e. The first-order valence-corrected chi connectivity index (χ1v) is 5.75. The Balaban J connectivity index is 0.000000180. The van der Waals surface area contributed by atoms with Crippen LogP contribution in [0.25, 0.3) is 0 Å². The highest BCUT2D eigenvalue weighted by molar-refractivity contribution is 5.45. The molecule has 0 bridgehead atoms. The zero-order valence-corrected chi connectivity index (χ0v) is 10.3. The van der Waals surface area contributed by atoms with E-state index in [0.717, 1.165) is 22.5 Å². The van der Waals surface area contributed by atoms with Gasteiger partial charge in [0.05, 0.1) is 0 Å². The smallest absolute Gasteiger partial charge is 0.0359 e. The van der Waals surface area contributed by atoms with E-state index in [2.05, 4.69) is 0 Å². The van der Waals surface area contributed by atoms with Gasteiger partial charge in [0.1, 0.15) is 0 Å². The third kappa shape index (κ3) is 4.45. The zero-order chi connectivity index (χ0) is 13.4. The van der Waals surface area contributed by atoms with Crippen LogP contribution in [0.4, 0.5) is 11.4 Å². The predicted octanol–water partition coefficient (Wildman–Crippen LogP) is 1.45. The first-order valence-electron chi connectivity index (χ1n) is 5.75. The Labute approximate surface area is 108 Å². The summed E-state index contributed by atoms with van der Waals surface area (Å²) >= 11 is 0. The normalized spacial score (nSPS) is 9.44. The molecule has 0 aliphatic carbocycles. The standard InChI is InChI=1S/2C7H10N2/c8-5-6-1-3-7(9)4-2-6;8-5-6-3-1-2-4-7(6)9/h2*1-4H,5,8-9H2. The molecule has 0 amide bonds. The van der Waals surface area contributed by atoms with Crippen molar-refractivity contribution in [3.05, 3.63) is 59.7 Å². The van der Waals surface area contributed by atoms with Gasteiger partial charge in [-0.15, -0.1) is 0 Å². The molecule has 0 atom stereocenters. The highest BCUT2D eigenvalue weighted by atomic mass is 14.6. The third-order valence-electron chi connectivity index (χ3n) is 2.49. The lowest BCUT2D eigenvalue weighted by Crippen LogP contribution is -2.00. The van der Waals surface area contributed by atoms with Gasteiger partial charge < -0.3 is 22.9 Å². The number of nitrogen functional groups attached to an aromatic ring is 2. The van der Waals surface area contributed by atoms with Gasteiger partial charge in [-0.1, -0.05) is 30.3 Å². The van der Waals surface area contributed by atoms with Crippen LogP contribution < -0.4 is 22.9 Å². The number of rotatable bonds is 2. The Morgan fingerprint density at radius 1 is 0.722 bits per heavy atom. The fourth-order valence-electron chi connectivity index (χ4n) is 1.37. The molecule has 0 aliphatic heterocycles. The van der Waals surface area contributed by atoms with E-state index >= 15 is 0 Å². The molecule has 2 aromatic rings. The van der Waals surface area contributed by atoms with Crippen molar-refractivity contribution < 1.29 is 0 Å². The number of anilines is 2. The molecule has 18 heavy (non-hydrogen) atoms. The van der Waals surface area contributed by atoms with E-state index in [-0.39, 0.29) is 0 Å². The minimum absolute atomic E-state index is 0.521. The topological polar surface area (TPSA) is 104 Å². The quantitative estimate of drug-likeness (QED) is 0.600. The van der Waals surface area contributed by atoms with Crippen LogP contribution in [0.3, 0.4) is 0 Å². The fraction of sp³-hybridized carbons (Fsp3) is 0.143. The van der Waals surface area contributed by atoms with E-state index in [1.54, 1.807) is 0 Å². The van der Waals surface area contributed by atoms with E-state index in [0.29, 0.717) is 13.1 Å². The molecule has 4 heteroatoms. The molecule has 0 aliphatic rings. The SMILES string of the molecule is NCc1ccc(N)cc1.NCc1ccccc1N. The van der Waals surface area contributed by atoms with Crippen LogP contribution in [0, 0.1) is 0 Å². The molecule has 0 saturated heterocycles. The molecule has 96 valence electrons. The molecule has 0 fully saturated rings. The van der Waals surface area contributed by atoms with Gasteiger partial charge in [-0.05, 0) is 29.3 Å². The van der Waals surface area contributed by atoms with Crippen LogP contribution in [0.2, 0.25) is 0 Å². The van der Waals surface area contributed by atoms with Crippen molar-refractivity contribution in [1.82, 2.24) is 0 Å². The maximum absolute atomic E-state index is 5.55. The Bertz CT molecular complexity index is 465. The molecule has 0 unspecified atom stereocenters. The minimum atomic E-state index is 0.521. The van der Waals surface area contributed by atoms with Gasteiger partial charge in [0.15, 0.2) is 0 Å². The van der Waals surface area contributed by atoms with Crippen molar-refractivity contribution in [1.29, 1.82) is 0 Å². The van der Waals surface area contributed by atoms with Gasteiger partial charge in [0, 0.05) is 24.5 Å². The number of hydrogen-bond donors (Lipinski definition) is 4. The van der Waals surface area contributed by atoms with E-state index < -0.39 is 0 Å². The van der Waals surface area contributed by atoms with Crippen LogP contribution in [0.5, 0.6) is 0 Å². The Morgan fingerprint density at radius 3 is 1.78 bits per heavy atom. The molecule has 0 saturated carbocycles. The zero-order valence-electron chi connectivity index (χ0n) is 10.3. The molecule has 2 aromatic carbocycles. The summed E-state index contributed by atoms with van der Waals surface area (Å²) < 4.78 is 0. The van der Waals surface area contributed by atoms with Gasteiger partial charge in [0.25, 0.3) is 0 Å². The van der Waals surface area contributed by atoms with Crippen molar-refractivity contribution in [3.63, 3.8) is 0 Å². The summed E-state index contributed by atoms with van der Waals surface area (Å²) in [5.74, 6) is 0. The second-order valence-corrected chi connectivity index (χ2v) is 3.85. The van der Waals surface area contributed by atoms with Crippen LogP contribution in [-0.4, -0.2) is 0 Å². The van der Waals surface area contributed by atoms with Crippen LogP contribution in [-0.2, 0) is 13.1 Å². The highest BCUT2D eigenvalue weighted by Crippen LogP contribution is 2.07. The second kappa shape index (κ2) is 7.32. The van der Waals surface area contributed by atoms with Crippen LogP contribution in [0.15, 0.2) is 48.5 Å². The van der Waals surface area contributed by atoms with E-state index in [1.807, 2.05) is 48.5 Å². The molecule has 8 N–H and O–H groups in total. The number of nitrogens with two attached hydrogens (primary N) is 4. The fourth-order valence-corrected chi connectivity index (χ4v) is 1.37. The Hall–Kier alpha value is -2.04. The lowest BCUT2D eigenvalue weighted by atomic mass is 10.2. The molecule has 0 spiro atoms. The summed E-state index contributed by atoms with van der Waals surface area (Å²) in [6.45, 7) is 1.10. The average Bonchev–Trinajstić information content (AvgIpc) is 2.41. The van der Waals surface area contributed by atoms with Gasteiger partial charge in [-0.2, -0.15) is 0 Å². The maximum Gasteiger partial charge on any atom is 0.0359 e. The largest absolute Gasteiger partial charge is 0.399 e. The Morgan fingerprint density at radius 2 is 1.33 bits per heavy atom. The van der Waals surface area contributed by atoms with Crippen LogP contribution >= 0.6 is 0 Å². The summed E-state index contributed by atoms with van der Waals surface area (Å²) in [6.07, 6.45) is 0. The molecular weight excluding hydrogens is 224 g/mol. The lowest BCUT2D eigenvalue weighted by Gasteiger charge is -1.98. The van der Waals surface area contributed by atoms with Crippen molar-refractivity contribution in [2.45, 2.75) is 13.1 Å². The lowest BCUT2D eigenvalue weighted by molar-refractivity contribution is 1.07. The van der Waals surface area contributed by atoms with Gasteiger partial charge in [-0.25, -0.2) is 0 Å². The van der Waals surface area contributed by atoms with Crippen molar-refractivity contribution in [2.24, 2.45) is 11.5 Å². The summed E-state index contributed by atoms with van der Waals surface area (Å²) in [7, 11) is 0. The van der Waals surface area contributed by atoms with Gasteiger partial charge in [-0.3, -0.25) is 0 Å². The second-order valence-electron chi connectivity index (χ2n) is 3.85. The summed E-state index contributed by atoms with van der Waals surface area (Å²) in [4.78, 5) is 0. The van der Waals surface area contributed by atoms with E-state index in [4.69, 9.17) is 22.9 Å². The first-order chi connectivity index (χ1) is 8.67. The predicted molar refractivity (Wildman–Crippen MR) is 77.5 cm³/mol. The molecular formula is C14H20N4. The van der Waals surface area contributed by atoms with Crippen LogP contribution in [0.1, 0.15) is 11.1 Å². The first kappa shape index (κ1) is 14.0. The number of hydrogen-bond acceptors (Lipinski definition) is 4. The molecule has 4 nitrogen and oxygen atoms in total. The van der Waals surface area contributed by atoms with Gasteiger partial charge in [0.2, 0.25) is 0 Å². The molecule has 2 rings (SSSR count). The summed E-state index contributed by atoms with van der Waals surface area (Å²) in [6, 6.07) is 15.2. The number of benzene rings is 2. The van der Waals surface area contributed by atoms with E-state index in [1.165, 1.54) is 0 Å². The third-order valence-corrected chi connectivity index (χ3v) is 2.49. The van der Waals surface area contributed by atoms with Crippen molar-refractivity contribution >= 4 is 11.4 Å². The summed E-state index contributed by atoms with van der Waals surface area (Å²) in [5.41, 5.74) is 25.4. The monoisotopic (exact) mass is 244 g/mol. The Kier molecular flexibility index (Phi) is 5.70. The van der Waals surface area contributed by atoms with E-state index in [9.17, 15) is 0 Å². The van der Waals surface area contributed by atoms with Crippen molar-refractivity contribution in [2.75, 3.05) is 11.5 Å². The maximum atomic E-state index is 5.55. The molecule has 0 aromatic heterocycles. The molecule has 0 heterocycles. The van der Waals surface area contributed by atoms with Gasteiger partial charge >= 0.3 is 0 Å².